The van der Waals surface area contributed by atoms with Crippen LogP contribution in [-0.2, 0) is 9.53 Å². The fraction of sp³-hybridized carbons (Fsp3) is 0.909. The molecule has 0 aliphatic carbocycles. The van der Waals surface area contributed by atoms with Gasteiger partial charge >= 0.3 is 5.97 Å². The normalized spacial score (nSPS) is 29.9. The Morgan fingerprint density at radius 3 is 2.80 bits per heavy atom. The molecule has 1 heterocycles. The fourth-order valence-corrected chi connectivity index (χ4v) is 2.31. The predicted molar refractivity (Wildman–Crippen MR) is 59.4 cm³/mol. The van der Waals surface area contributed by atoms with E-state index in [-0.39, 0.29) is 12.0 Å². The first-order valence-electron chi connectivity index (χ1n) is 5.65. The quantitative estimate of drug-likeness (QED) is 0.699. The molecule has 4 heteroatoms. The minimum absolute atomic E-state index is 0.210. The Morgan fingerprint density at radius 2 is 2.27 bits per heavy atom. The van der Waals surface area contributed by atoms with E-state index < -0.39 is 0 Å². The Kier molecular flexibility index (Phi) is 4.54. The molecule has 2 N–H and O–H groups in total. The number of rotatable bonds is 3. The van der Waals surface area contributed by atoms with Crippen molar-refractivity contribution in [2.45, 2.75) is 38.8 Å². The molecule has 0 aromatic heterocycles. The van der Waals surface area contributed by atoms with Gasteiger partial charge in [0.1, 0.15) is 6.04 Å². The van der Waals surface area contributed by atoms with Crippen LogP contribution in [0.2, 0.25) is 0 Å². The second kappa shape index (κ2) is 5.47. The molecular formula is C11H22N2O2. The molecule has 88 valence electrons. The van der Waals surface area contributed by atoms with Gasteiger partial charge in [0.25, 0.3) is 0 Å². The Labute approximate surface area is 91.8 Å². The van der Waals surface area contributed by atoms with Crippen molar-refractivity contribution in [2.75, 3.05) is 20.2 Å². The number of hydrogen-bond donors (Lipinski definition) is 1. The van der Waals surface area contributed by atoms with Gasteiger partial charge in [-0.1, -0.05) is 6.92 Å². The van der Waals surface area contributed by atoms with E-state index in [0.717, 1.165) is 13.0 Å². The fourth-order valence-electron chi connectivity index (χ4n) is 2.31. The second-order valence-corrected chi connectivity index (χ2v) is 4.37. The van der Waals surface area contributed by atoms with Gasteiger partial charge in [0.2, 0.25) is 0 Å². The van der Waals surface area contributed by atoms with Crippen LogP contribution in [-0.4, -0.2) is 43.2 Å². The highest BCUT2D eigenvalue weighted by molar-refractivity contribution is 5.76. The first-order valence-corrected chi connectivity index (χ1v) is 5.65. The van der Waals surface area contributed by atoms with Gasteiger partial charge in [-0.25, -0.2) is 0 Å². The summed E-state index contributed by atoms with van der Waals surface area (Å²) in [5.41, 5.74) is 5.65. The van der Waals surface area contributed by atoms with Crippen LogP contribution in [0.4, 0.5) is 0 Å². The topological polar surface area (TPSA) is 55.6 Å². The zero-order valence-corrected chi connectivity index (χ0v) is 9.90. The van der Waals surface area contributed by atoms with E-state index in [2.05, 4.69) is 18.7 Å². The Hall–Kier alpha value is -0.610. The maximum Gasteiger partial charge on any atom is 0.324 e. The van der Waals surface area contributed by atoms with Gasteiger partial charge in [-0.3, -0.25) is 9.69 Å². The number of carbonyl (C=O) groups is 1. The molecule has 0 radical (unpaired) electrons. The number of esters is 1. The van der Waals surface area contributed by atoms with Gasteiger partial charge in [-0.2, -0.15) is 0 Å². The summed E-state index contributed by atoms with van der Waals surface area (Å²) < 4.78 is 4.78. The van der Waals surface area contributed by atoms with Gasteiger partial charge in [-0.05, 0) is 32.2 Å². The molecule has 1 rings (SSSR count). The number of piperidine rings is 1. The molecule has 1 aliphatic heterocycles. The van der Waals surface area contributed by atoms with E-state index in [1.54, 1.807) is 0 Å². The second-order valence-electron chi connectivity index (χ2n) is 4.37. The molecule has 15 heavy (non-hydrogen) atoms. The average molecular weight is 214 g/mol. The SMILES string of the molecule is COC(=O)C(CN)N1CCCC(C)C1C. The standard InChI is InChI=1S/C11H22N2O2/c1-8-5-4-6-13(9(8)2)10(7-12)11(14)15-3/h8-10H,4-7,12H2,1-3H3. The van der Waals surface area contributed by atoms with Crippen molar-refractivity contribution >= 4 is 5.97 Å². The monoisotopic (exact) mass is 214 g/mol. The van der Waals surface area contributed by atoms with Crippen molar-refractivity contribution < 1.29 is 9.53 Å². The molecule has 4 nitrogen and oxygen atoms in total. The molecular weight excluding hydrogens is 192 g/mol. The summed E-state index contributed by atoms with van der Waals surface area (Å²) in [6.45, 7) is 5.67. The largest absolute Gasteiger partial charge is 0.468 e. The number of nitrogens with two attached hydrogens (primary N) is 1. The molecule has 0 aromatic carbocycles. The third kappa shape index (κ3) is 2.69. The van der Waals surface area contributed by atoms with Crippen molar-refractivity contribution in [1.82, 2.24) is 4.90 Å². The number of methoxy groups -OCH3 is 1. The molecule has 1 fully saturated rings. The Balaban J connectivity index is 2.70. The molecule has 0 spiro atoms. The van der Waals surface area contributed by atoms with E-state index in [4.69, 9.17) is 10.5 Å². The first-order chi connectivity index (χ1) is 7.11. The van der Waals surface area contributed by atoms with Crippen LogP contribution in [0.5, 0.6) is 0 Å². The highest BCUT2D eigenvalue weighted by Gasteiger charge is 2.33. The lowest BCUT2D eigenvalue weighted by Crippen LogP contribution is -2.54. The van der Waals surface area contributed by atoms with Crippen LogP contribution in [0, 0.1) is 5.92 Å². The molecule has 1 aliphatic rings. The van der Waals surface area contributed by atoms with E-state index in [1.165, 1.54) is 13.5 Å². The summed E-state index contributed by atoms with van der Waals surface area (Å²) in [6, 6.07) is 0.138. The first kappa shape index (κ1) is 12.5. The number of hydrogen-bond acceptors (Lipinski definition) is 4. The third-order valence-corrected chi connectivity index (χ3v) is 3.52. The number of carbonyl (C=O) groups excluding carboxylic acids is 1. The lowest BCUT2D eigenvalue weighted by molar-refractivity contribution is -0.148. The smallest absolute Gasteiger partial charge is 0.324 e. The van der Waals surface area contributed by atoms with E-state index >= 15 is 0 Å². The number of nitrogens with zero attached hydrogens (tertiary/aromatic N) is 1. The zero-order valence-electron chi connectivity index (χ0n) is 9.90. The van der Waals surface area contributed by atoms with E-state index in [0.29, 0.717) is 18.5 Å². The summed E-state index contributed by atoms with van der Waals surface area (Å²) in [4.78, 5) is 13.7. The van der Waals surface area contributed by atoms with Crippen molar-refractivity contribution in [1.29, 1.82) is 0 Å². The van der Waals surface area contributed by atoms with Crippen LogP contribution in [0.25, 0.3) is 0 Å². The summed E-state index contributed by atoms with van der Waals surface area (Å²) >= 11 is 0. The predicted octanol–water partition coefficient (Wildman–Crippen LogP) is 0.607. The molecule has 0 bridgehead atoms. The van der Waals surface area contributed by atoms with Crippen LogP contribution < -0.4 is 5.73 Å². The third-order valence-electron chi connectivity index (χ3n) is 3.52. The lowest BCUT2D eigenvalue weighted by Gasteiger charge is -2.41. The van der Waals surface area contributed by atoms with Crippen molar-refractivity contribution in [3.05, 3.63) is 0 Å². The Bertz CT molecular complexity index is 221. The van der Waals surface area contributed by atoms with Crippen LogP contribution in [0.3, 0.4) is 0 Å². The van der Waals surface area contributed by atoms with Gasteiger partial charge in [-0.15, -0.1) is 0 Å². The van der Waals surface area contributed by atoms with Gasteiger partial charge in [0.15, 0.2) is 0 Å². The zero-order chi connectivity index (χ0) is 11.4. The number of likely N-dealkylation sites (tertiary alicyclic amines) is 1. The van der Waals surface area contributed by atoms with E-state index in [1.807, 2.05) is 0 Å². The van der Waals surface area contributed by atoms with Gasteiger partial charge in [0, 0.05) is 12.6 Å². The van der Waals surface area contributed by atoms with Gasteiger partial charge in [0.05, 0.1) is 7.11 Å². The summed E-state index contributed by atoms with van der Waals surface area (Å²) in [5.74, 6) is 0.413. The maximum atomic E-state index is 11.6. The maximum absolute atomic E-state index is 11.6. The van der Waals surface area contributed by atoms with Crippen LogP contribution >= 0.6 is 0 Å². The molecule has 0 amide bonds. The average Bonchev–Trinajstić information content (AvgIpc) is 2.24. The molecule has 3 unspecified atom stereocenters. The van der Waals surface area contributed by atoms with Crippen LogP contribution in [0.1, 0.15) is 26.7 Å². The van der Waals surface area contributed by atoms with E-state index in [9.17, 15) is 4.79 Å². The van der Waals surface area contributed by atoms with Crippen molar-refractivity contribution in [3.63, 3.8) is 0 Å². The molecule has 3 atom stereocenters. The Morgan fingerprint density at radius 1 is 1.60 bits per heavy atom. The molecule has 0 saturated carbocycles. The van der Waals surface area contributed by atoms with Crippen molar-refractivity contribution in [3.8, 4) is 0 Å². The summed E-state index contributed by atoms with van der Waals surface area (Å²) in [7, 11) is 1.42. The number of ether oxygens (including phenoxy) is 1. The van der Waals surface area contributed by atoms with Crippen LogP contribution in [0.15, 0.2) is 0 Å². The lowest BCUT2D eigenvalue weighted by atomic mass is 9.90. The molecule has 0 aromatic rings. The minimum Gasteiger partial charge on any atom is -0.468 e. The minimum atomic E-state index is -0.271. The van der Waals surface area contributed by atoms with Gasteiger partial charge < -0.3 is 10.5 Å². The highest BCUT2D eigenvalue weighted by Crippen LogP contribution is 2.24. The summed E-state index contributed by atoms with van der Waals surface area (Å²) in [6.07, 6.45) is 2.37. The highest BCUT2D eigenvalue weighted by atomic mass is 16.5. The molecule has 1 saturated heterocycles. The summed E-state index contributed by atoms with van der Waals surface area (Å²) in [5, 5.41) is 0. The van der Waals surface area contributed by atoms with Crippen molar-refractivity contribution in [2.24, 2.45) is 11.7 Å².